The highest BCUT2D eigenvalue weighted by atomic mass is 16.5. The van der Waals surface area contributed by atoms with Crippen LogP contribution in [-0.4, -0.2) is 20.0 Å². The second kappa shape index (κ2) is 9.71. The Kier molecular flexibility index (Phi) is 6.37. The fourth-order valence-corrected chi connectivity index (χ4v) is 3.39. The summed E-state index contributed by atoms with van der Waals surface area (Å²) in [7, 11) is 3.27. The second-order valence-electron chi connectivity index (χ2n) is 7.13. The average Bonchev–Trinajstić information content (AvgIpc) is 2.85. The lowest BCUT2D eigenvalue weighted by molar-refractivity contribution is 0.104. The van der Waals surface area contributed by atoms with Crippen molar-refractivity contribution in [3.8, 4) is 11.5 Å². The fraction of sp³-hybridized carbons (Fsp3) is 0.0741. The largest absolute Gasteiger partial charge is 0.497 e. The number of benzene rings is 4. The van der Waals surface area contributed by atoms with Gasteiger partial charge < -0.3 is 20.1 Å². The molecule has 0 spiro atoms. The maximum Gasteiger partial charge on any atom is 0.197 e. The van der Waals surface area contributed by atoms with Crippen LogP contribution in [0.1, 0.15) is 15.9 Å². The minimum Gasteiger partial charge on any atom is -0.497 e. The van der Waals surface area contributed by atoms with Crippen LogP contribution in [0.15, 0.2) is 97.1 Å². The summed E-state index contributed by atoms with van der Waals surface area (Å²) >= 11 is 0. The fourth-order valence-electron chi connectivity index (χ4n) is 3.39. The highest BCUT2D eigenvalue weighted by Gasteiger charge is 2.17. The van der Waals surface area contributed by atoms with Crippen LogP contribution in [0.4, 0.5) is 22.7 Å². The van der Waals surface area contributed by atoms with Crippen LogP contribution in [0.3, 0.4) is 0 Å². The lowest BCUT2D eigenvalue weighted by Gasteiger charge is -2.15. The van der Waals surface area contributed by atoms with Gasteiger partial charge >= 0.3 is 0 Å². The number of ether oxygens (including phenoxy) is 2. The summed E-state index contributed by atoms with van der Waals surface area (Å²) in [6.07, 6.45) is 0. The van der Waals surface area contributed by atoms with Crippen LogP contribution in [0.5, 0.6) is 11.5 Å². The van der Waals surface area contributed by atoms with Crippen molar-refractivity contribution in [3.63, 3.8) is 0 Å². The number of ketones is 1. The molecule has 160 valence electrons. The van der Waals surface area contributed by atoms with Gasteiger partial charge in [-0.3, -0.25) is 4.79 Å². The van der Waals surface area contributed by atoms with Gasteiger partial charge in [-0.2, -0.15) is 0 Å². The minimum absolute atomic E-state index is 0.0711. The van der Waals surface area contributed by atoms with Crippen LogP contribution >= 0.6 is 0 Å². The van der Waals surface area contributed by atoms with E-state index < -0.39 is 0 Å². The number of hydrogen-bond donors (Lipinski definition) is 2. The molecule has 0 radical (unpaired) electrons. The van der Waals surface area contributed by atoms with Gasteiger partial charge in [0.2, 0.25) is 0 Å². The first-order valence-electron chi connectivity index (χ1n) is 10.2. The maximum absolute atomic E-state index is 13.5. The van der Waals surface area contributed by atoms with Crippen molar-refractivity contribution in [2.75, 3.05) is 24.9 Å². The first-order chi connectivity index (χ1) is 15.7. The van der Waals surface area contributed by atoms with E-state index in [2.05, 4.69) is 10.6 Å². The van der Waals surface area contributed by atoms with E-state index in [0.29, 0.717) is 11.1 Å². The molecular formula is C27H24N2O3. The van der Waals surface area contributed by atoms with Crippen molar-refractivity contribution < 1.29 is 14.3 Å². The minimum atomic E-state index is -0.0711. The van der Waals surface area contributed by atoms with Gasteiger partial charge in [-0.15, -0.1) is 0 Å². The van der Waals surface area contributed by atoms with Gasteiger partial charge in [-0.25, -0.2) is 0 Å². The SMILES string of the molecule is COc1ccc(Nc2ccccc2C(=O)c2ccccc2Nc2ccc(OC)cc2)cc1. The molecule has 0 aromatic heterocycles. The lowest BCUT2D eigenvalue weighted by atomic mass is 9.99. The summed E-state index contributed by atoms with van der Waals surface area (Å²) in [5.74, 6) is 1.48. The molecule has 5 heteroatoms. The van der Waals surface area contributed by atoms with Gasteiger partial charge in [-0.05, 0) is 72.8 Å². The highest BCUT2D eigenvalue weighted by Crippen LogP contribution is 2.29. The van der Waals surface area contributed by atoms with E-state index in [1.165, 1.54) is 0 Å². The standard InChI is InChI=1S/C27H24N2O3/c1-31-21-15-11-19(12-16-21)28-25-9-5-3-7-23(25)27(30)24-8-4-6-10-26(24)29-20-13-17-22(32-2)18-14-20/h3-18,28-29H,1-2H3. The van der Waals surface area contributed by atoms with E-state index in [-0.39, 0.29) is 5.78 Å². The van der Waals surface area contributed by atoms with Crippen molar-refractivity contribution in [2.24, 2.45) is 0 Å². The molecular weight excluding hydrogens is 400 g/mol. The lowest BCUT2D eigenvalue weighted by Crippen LogP contribution is -2.08. The first-order valence-corrected chi connectivity index (χ1v) is 10.2. The van der Waals surface area contributed by atoms with Crippen LogP contribution in [0.2, 0.25) is 0 Å². The van der Waals surface area contributed by atoms with Crippen molar-refractivity contribution in [1.82, 2.24) is 0 Å². The Morgan fingerprint density at radius 3 is 1.31 bits per heavy atom. The Bertz CT molecular complexity index is 1110. The smallest absolute Gasteiger partial charge is 0.197 e. The normalized spacial score (nSPS) is 10.3. The van der Waals surface area contributed by atoms with E-state index in [1.54, 1.807) is 14.2 Å². The van der Waals surface area contributed by atoms with Gasteiger partial charge in [0.15, 0.2) is 5.78 Å². The molecule has 0 bridgehead atoms. The van der Waals surface area contributed by atoms with Gasteiger partial charge in [0.25, 0.3) is 0 Å². The topological polar surface area (TPSA) is 59.6 Å². The molecule has 0 saturated carbocycles. The van der Waals surface area contributed by atoms with Crippen molar-refractivity contribution in [1.29, 1.82) is 0 Å². The third kappa shape index (κ3) is 4.73. The first kappa shape index (κ1) is 21.0. The molecule has 32 heavy (non-hydrogen) atoms. The third-order valence-corrected chi connectivity index (χ3v) is 5.08. The van der Waals surface area contributed by atoms with E-state index >= 15 is 0 Å². The third-order valence-electron chi connectivity index (χ3n) is 5.08. The Hall–Kier alpha value is -4.25. The van der Waals surface area contributed by atoms with Crippen LogP contribution in [0, 0.1) is 0 Å². The number of hydrogen-bond acceptors (Lipinski definition) is 5. The molecule has 4 aromatic rings. The highest BCUT2D eigenvalue weighted by molar-refractivity contribution is 6.15. The molecule has 0 fully saturated rings. The number of nitrogens with one attached hydrogen (secondary N) is 2. The Morgan fingerprint density at radius 1 is 0.562 bits per heavy atom. The number of anilines is 4. The monoisotopic (exact) mass is 424 g/mol. The maximum atomic E-state index is 13.5. The molecule has 0 aliphatic carbocycles. The summed E-state index contributed by atoms with van der Waals surface area (Å²) in [5, 5.41) is 6.69. The van der Waals surface area contributed by atoms with E-state index in [9.17, 15) is 4.79 Å². The summed E-state index contributed by atoms with van der Waals surface area (Å²) in [6, 6.07) is 30.2. The molecule has 0 atom stereocenters. The molecule has 2 N–H and O–H groups in total. The summed E-state index contributed by atoms with van der Waals surface area (Å²) in [6.45, 7) is 0. The van der Waals surface area contributed by atoms with Gasteiger partial charge in [0.1, 0.15) is 11.5 Å². The molecule has 0 amide bonds. The van der Waals surface area contributed by atoms with Gasteiger partial charge in [0, 0.05) is 33.9 Å². The summed E-state index contributed by atoms with van der Waals surface area (Å²) in [5.41, 5.74) is 4.40. The number of carbonyl (C=O) groups is 1. The predicted molar refractivity (Wildman–Crippen MR) is 129 cm³/mol. The quantitative estimate of drug-likeness (QED) is 0.320. The van der Waals surface area contributed by atoms with Gasteiger partial charge in [0.05, 0.1) is 14.2 Å². The second-order valence-corrected chi connectivity index (χ2v) is 7.13. The van der Waals surface area contributed by atoms with Crippen LogP contribution in [-0.2, 0) is 0 Å². The van der Waals surface area contributed by atoms with E-state index in [1.807, 2.05) is 97.1 Å². The summed E-state index contributed by atoms with van der Waals surface area (Å²) in [4.78, 5) is 13.5. The zero-order valence-corrected chi connectivity index (χ0v) is 18.0. The number of para-hydroxylation sites is 2. The van der Waals surface area contributed by atoms with Gasteiger partial charge in [-0.1, -0.05) is 24.3 Å². The Morgan fingerprint density at radius 2 is 0.938 bits per heavy atom. The number of rotatable bonds is 8. The molecule has 0 aliphatic rings. The molecule has 0 aliphatic heterocycles. The molecule has 0 unspecified atom stereocenters. The van der Waals surface area contributed by atoms with Crippen LogP contribution < -0.4 is 20.1 Å². The van der Waals surface area contributed by atoms with Crippen molar-refractivity contribution in [3.05, 3.63) is 108 Å². The molecule has 4 rings (SSSR count). The van der Waals surface area contributed by atoms with E-state index in [4.69, 9.17) is 9.47 Å². The summed E-state index contributed by atoms with van der Waals surface area (Å²) < 4.78 is 10.4. The number of carbonyl (C=O) groups excluding carboxylic acids is 1. The average molecular weight is 425 g/mol. The predicted octanol–water partition coefficient (Wildman–Crippen LogP) is 6.42. The zero-order valence-electron chi connectivity index (χ0n) is 18.0. The number of methoxy groups -OCH3 is 2. The Labute approximate surface area is 187 Å². The van der Waals surface area contributed by atoms with E-state index in [0.717, 1.165) is 34.2 Å². The van der Waals surface area contributed by atoms with Crippen molar-refractivity contribution in [2.45, 2.75) is 0 Å². The molecule has 4 aromatic carbocycles. The van der Waals surface area contributed by atoms with Crippen LogP contribution in [0.25, 0.3) is 0 Å². The molecule has 0 heterocycles. The Balaban J connectivity index is 1.62. The molecule has 0 saturated heterocycles. The molecule has 5 nitrogen and oxygen atoms in total. The zero-order chi connectivity index (χ0) is 22.3. The van der Waals surface area contributed by atoms with Crippen molar-refractivity contribution >= 4 is 28.5 Å².